The fourth-order valence-corrected chi connectivity index (χ4v) is 3.61. The third kappa shape index (κ3) is 7.42. The van der Waals surface area contributed by atoms with Gasteiger partial charge >= 0.3 is 11.8 Å². The standard InChI is InChI=1S/C29H32N4O5/c1-6-37-25-15-22(16-30-33-29(36)28(35)32-27-19(3)10-7-11-20(27)4)13-14-24(25)38-17-26(34)31-23-12-8-9-18(2)21(23)5/h7-16H,6,17H2,1-5H3,(H,31,34)(H,32,35)(H,33,36)/b30-16-. The van der Waals surface area contributed by atoms with E-state index in [0.29, 0.717) is 29.4 Å². The second-order valence-electron chi connectivity index (χ2n) is 8.64. The maximum absolute atomic E-state index is 12.4. The zero-order valence-corrected chi connectivity index (χ0v) is 22.2. The number of aryl methyl sites for hydroxylation is 3. The van der Waals surface area contributed by atoms with Gasteiger partial charge in [-0.1, -0.05) is 30.3 Å². The summed E-state index contributed by atoms with van der Waals surface area (Å²) in [5, 5.41) is 9.33. The number of hydrazone groups is 1. The summed E-state index contributed by atoms with van der Waals surface area (Å²) in [5.74, 6) is -1.22. The van der Waals surface area contributed by atoms with Gasteiger partial charge in [0.1, 0.15) is 0 Å². The van der Waals surface area contributed by atoms with Crippen LogP contribution in [-0.4, -0.2) is 37.1 Å². The van der Waals surface area contributed by atoms with E-state index in [1.807, 2.05) is 71.0 Å². The summed E-state index contributed by atoms with van der Waals surface area (Å²) in [5.41, 5.74) is 7.92. The van der Waals surface area contributed by atoms with Gasteiger partial charge in [0.05, 0.1) is 12.8 Å². The lowest BCUT2D eigenvalue weighted by molar-refractivity contribution is -0.136. The van der Waals surface area contributed by atoms with Crippen molar-refractivity contribution in [3.8, 4) is 11.5 Å². The molecule has 0 aliphatic rings. The molecule has 0 spiro atoms. The van der Waals surface area contributed by atoms with Crippen LogP contribution < -0.4 is 25.5 Å². The van der Waals surface area contributed by atoms with Crippen molar-refractivity contribution in [2.24, 2.45) is 5.10 Å². The molecule has 0 radical (unpaired) electrons. The highest BCUT2D eigenvalue weighted by atomic mass is 16.5. The van der Waals surface area contributed by atoms with Gasteiger partial charge < -0.3 is 20.1 Å². The Hall–Kier alpha value is -4.66. The van der Waals surface area contributed by atoms with Gasteiger partial charge in [0.15, 0.2) is 18.1 Å². The van der Waals surface area contributed by atoms with Gasteiger partial charge in [0, 0.05) is 11.4 Å². The van der Waals surface area contributed by atoms with E-state index >= 15 is 0 Å². The van der Waals surface area contributed by atoms with Gasteiger partial charge in [0.25, 0.3) is 5.91 Å². The fraction of sp³-hybridized carbons (Fsp3) is 0.241. The minimum atomic E-state index is -0.899. The number of ether oxygens (including phenoxy) is 2. The first-order valence-electron chi connectivity index (χ1n) is 12.2. The lowest BCUT2D eigenvalue weighted by Crippen LogP contribution is -2.32. The second kappa shape index (κ2) is 13.0. The summed E-state index contributed by atoms with van der Waals surface area (Å²) in [7, 11) is 0. The molecule has 198 valence electrons. The summed E-state index contributed by atoms with van der Waals surface area (Å²) in [6, 6.07) is 16.3. The van der Waals surface area contributed by atoms with Crippen LogP contribution in [0.3, 0.4) is 0 Å². The molecule has 0 aromatic heterocycles. The van der Waals surface area contributed by atoms with Crippen LogP contribution in [0.25, 0.3) is 0 Å². The van der Waals surface area contributed by atoms with Crippen LogP contribution in [0.1, 0.15) is 34.7 Å². The number of para-hydroxylation sites is 1. The van der Waals surface area contributed by atoms with Crippen molar-refractivity contribution in [1.82, 2.24) is 5.43 Å². The zero-order chi connectivity index (χ0) is 27.7. The van der Waals surface area contributed by atoms with Gasteiger partial charge in [-0.2, -0.15) is 5.10 Å². The van der Waals surface area contributed by atoms with E-state index in [9.17, 15) is 14.4 Å². The number of anilines is 2. The molecule has 0 heterocycles. The Bertz CT molecular complexity index is 1350. The summed E-state index contributed by atoms with van der Waals surface area (Å²) in [4.78, 5) is 36.9. The molecule has 3 N–H and O–H groups in total. The Morgan fingerprint density at radius 1 is 0.816 bits per heavy atom. The molecule has 0 saturated carbocycles. The summed E-state index contributed by atoms with van der Waals surface area (Å²) < 4.78 is 11.3. The van der Waals surface area contributed by atoms with Crippen molar-refractivity contribution in [3.05, 3.63) is 82.4 Å². The molecule has 3 rings (SSSR count). The van der Waals surface area contributed by atoms with E-state index in [-0.39, 0.29) is 12.5 Å². The maximum atomic E-state index is 12.4. The van der Waals surface area contributed by atoms with Crippen LogP contribution in [0.2, 0.25) is 0 Å². The Morgan fingerprint density at radius 2 is 1.50 bits per heavy atom. The summed E-state index contributed by atoms with van der Waals surface area (Å²) in [6.07, 6.45) is 1.38. The average molecular weight is 517 g/mol. The van der Waals surface area contributed by atoms with Crippen LogP contribution in [-0.2, 0) is 14.4 Å². The molecule has 0 atom stereocenters. The number of nitrogens with one attached hydrogen (secondary N) is 3. The maximum Gasteiger partial charge on any atom is 0.329 e. The van der Waals surface area contributed by atoms with Crippen LogP contribution in [0.4, 0.5) is 11.4 Å². The van der Waals surface area contributed by atoms with Gasteiger partial charge in [-0.3, -0.25) is 14.4 Å². The molecule has 3 aromatic rings. The molecule has 3 aromatic carbocycles. The lowest BCUT2D eigenvalue weighted by Gasteiger charge is -2.14. The molecular weight excluding hydrogens is 484 g/mol. The first-order valence-corrected chi connectivity index (χ1v) is 12.2. The first kappa shape index (κ1) is 27.9. The van der Waals surface area contributed by atoms with Crippen LogP contribution in [0, 0.1) is 27.7 Å². The van der Waals surface area contributed by atoms with E-state index in [1.165, 1.54) is 6.21 Å². The minimum absolute atomic E-state index is 0.202. The van der Waals surface area contributed by atoms with Crippen LogP contribution >= 0.6 is 0 Å². The number of hydrogen-bond donors (Lipinski definition) is 3. The topological polar surface area (TPSA) is 118 Å². The summed E-state index contributed by atoms with van der Waals surface area (Å²) >= 11 is 0. The lowest BCUT2D eigenvalue weighted by atomic mass is 10.1. The molecule has 9 nitrogen and oxygen atoms in total. The van der Waals surface area contributed by atoms with E-state index in [1.54, 1.807) is 18.2 Å². The summed E-state index contributed by atoms with van der Waals surface area (Å²) in [6.45, 7) is 9.62. The van der Waals surface area contributed by atoms with Gasteiger partial charge in [-0.05, 0) is 86.7 Å². The average Bonchev–Trinajstić information content (AvgIpc) is 2.88. The van der Waals surface area contributed by atoms with Gasteiger partial charge in [-0.25, -0.2) is 5.43 Å². The highest BCUT2D eigenvalue weighted by Crippen LogP contribution is 2.28. The van der Waals surface area contributed by atoms with Crippen molar-refractivity contribution in [3.63, 3.8) is 0 Å². The number of hydrogen-bond acceptors (Lipinski definition) is 6. The molecule has 9 heteroatoms. The van der Waals surface area contributed by atoms with Crippen molar-refractivity contribution in [1.29, 1.82) is 0 Å². The number of rotatable bonds is 9. The monoisotopic (exact) mass is 516 g/mol. The normalized spacial score (nSPS) is 10.7. The van der Waals surface area contributed by atoms with Gasteiger partial charge in [0.2, 0.25) is 0 Å². The number of benzene rings is 3. The highest BCUT2D eigenvalue weighted by molar-refractivity contribution is 6.39. The molecular formula is C29H32N4O5. The molecule has 38 heavy (non-hydrogen) atoms. The fourth-order valence-electron chi connectivity index (χ4n) is 3.61. The van der Waals surface area contributed by atoms with Gasteiger partial charge in [-0.15, -0.1) is 0 Å². The van der Waals surface area contributed by atoms with Crippen molar-refractivity contribution in [2.45, 2.75) is 34.6 Å². The Labute approximate surface area is 222 Å². The third-order valence-corrected chi connectivity index (χ3v) is 5.81. The SMILES string of the molecule is CCOc1cc(/C=N\NC(=O)C(=O)Nc2c(C)cccc2C)ccc1OCC(=O)Nc1cccc(C)c1C. The van der Waals surface area contributed by atoms with E-state index in [4.69, 9.17) is 9.47 Å². The Kier molecular flexibility index (Phi) is 9.59. The van der Waals surface area contributed by atoms with Crippen molar-refractivity contribution < 1.29 is 23.9 Å². The van der Waals surface area contributed by atoms with Crippen LogP contribution in [0.5, 0.6) is 11.5 Å². The van der Waals surface area contributed by atoms with E-state index in [0.717, 1.165) is 27.9 Å². The number of amides is 3. The minimum Gasteiger partial charge on any atom is -0.490 e. The molecule has 0 fully saturated rings. The largest absolute Gasteiger partial charge is 0.490 e. The molecule has 0 bridgehead atoms. The van der Waals surface area contributed by atoms with E-state index in [2.05, 4.69) is 21.2 Å². The quantitative estimate of drug-likeness (QED) is 0.221. The van der Waals surface area contributed by atoms with Crippen LogP contribution in [0.15, 0.2) is 59.7 Å². The smallest absolute Gasteiger partial charge is 0.329 e. The molecule has 0 saturated heterocycles. The molecule has 0 aliphatic carbocycles. The Balaban J connectivity index is 1.59. The molecule has 3 amide bonds. The third-order valence-electron chi connectivity index (χ3n) is 5.81. The Morgan fingerprint density at radius 3 is 2.21 bits per heavy atom. The zero-order valence-electron chi connectivity index (χ0n) is 22.2. The molecule has 0 unspecified atom stereocenters. The number of carbonyl (C=O) groups excluding carboxylic acids is 3. The predicted octanol–water partition coefficient (Wildman–Crippen LogP) is 4.43. The second-order valence-corrected chi connectivity index (χ2v) is 8.64. The highest BCUT2D eigenvalue weighted by Gasteiger charge is 2.15. The van der Waals surface area contributed by atoms with Crippen molar-refractivity contribution >= 4 is 35.3 Å². The molecule has 0 aliphatic heterocycles. The van der Waals surface area contributed by atoms with E-state index < -0.39 is 11.8 Å². The number of nitrogens with zero attached hydrogens (tertiary/aromatic N) is 1. The first-order chi connectivity index (χ1) is 18.2. The predicted molar refractivity (Wildman–Crippen MR) is 148 cm³/mol. The van der Waals surface area contributed by atoms with Crippen molar-refractivity contribution in [2.75, 3.05) is 23.8 Å². The number of carbonyl (C=O) groups is 3.